The molecule has 2 aliphatic heterocycles. The number of rotatable bonds is 0. The summed E-state index contributed by atoms with van der Waals surface area (Å²) in [4.78, 5) is 19.5. The average molecular weight is 200 g/mol. The van der Waals surface area contributed by atoms with Crippen LogP contribution in [0.2, 0.25) is 0 Å². The first-order valence-corrected chi connectivity index (χ1v) is 6.01. The number of carbonyl (C=O) groups is 1. The molecule has 1 fully saturated rings. The Morgan fingerprint density at radius 3 is 3.17 bits per heavy atom. The van der Waals surface area contributed by atoms with Crippen LogP contribution >= 0.6 is 23.5 Å². The molecule has 3 nitrogen and oxygen atoms in total. The Kier molecular flexibility index (Phi) is 2.23. The average Bonchev–Trinajstić information content (AvgIpc) is 2.52. The number of aliphatic imine (C=N–C) groups is 2. The van der Waals surface area contributed by atoms with Crippen LogP contribution in [0, 0.1) is 5.92 Å². The van der Waals surface area contributed by atoms with Crippen molar-refractivity contribution in [1.82, 2.24) is 0 Å². The zero-order valence-electron chi connectivity index (χ0n) is 6.61. The Balaban J connectivity index is 2.30. The third-order valence-corrected chi connectivity index (χ3v) is 3.48. The predicted octanol–water partition coefficient (Wildman–Crippen LogP) is 1.05. The molecule has 5 heteroatoms. The van der Waals surface area contributed by atoms with E-state index in [1.807, 2.05) is 6.26 Å². The van der Waals surface area contributed by atoms with Crippen LogP contribution in [0.3, 0.4) is 0 Å². The van der Waals surface area contributed by atoms with Gasteiger partial charge in [-0.2, -0.15) is 16.8 Å². The molecule has 64 valence electrons. The summed E-state index contributed by atoms with van der Waals surface area (Å²) in [5, 5.41) is 0.619. The van der Waals surface area contributed by atoms with Crippen molar-refractivity contribution in [1.29, 1.82) is 0 Å². The second-order valence-electron chi connectivity index (χ2n) is 2.61. The maximum Gasteiger partial charge on any atom is 0.257 e. The summed E-state index contributed by atoms with van der Waals surface area (Å²) < 4.78 is 0. The van der Waals surface area contributed by atoms with E-state index in [2.05, 4.69) is 9.98 Å². The number of nitrogens with zero attached hydrogens (tertiary/aromatic N) is 2. The Hall–Kier alpha value is -0.290. The van der Waals surface area contributed by atoms with E-state index in [1.165, 1.54) is 11.8 Å². The highest BCUT2D eigenvalue weighted by Crippen LogP contribution is 2.26. The van der Waals surface area contributed by atoms with Crippen LogP contribution in [0.5, 0.6) is 0 Å². The van der Waals surface area contributed by atoms with Gasteiger partial charge in [0.1, 0.15) is 0 Å². The Bertz CT molecular complexity index is 285. The highest BCUT2D eigenvalue weighted by atomic mass is 32.2. The third-order valence-electron chi connectivity index (χ3n) is 1.86. The van der Waals surface area contributed by atoms with Crippen molar-refractivity contribution in [3.8, 4) is 0 Å². The summed E-state index contributed by atoms with van der Waals surface area (Å²) in [5.74, 6) is 1.75. The lowest BCUT2D eigenvalue weighted by Crippen LogP contribution is -2.26. The molecule has 0 aromatic rings. The molecule has 0 radical (unpaired) electrons. The van der Waals surface area contributed by atoms with Gasteiger partial charge in [-0.3, -0.25) is 4.79 Å². The van der Waals surface area contributed by atoms with Crippen molar-refractivity contribution in [2.24, 2.45) is 15.9 Å². The fraction of sp³-hybridized carbons (Fsp3) is 0.571. The molecule has 0 saturated carbocycles. The van der Waals surface area contributed by atoms with Crippen molar-refractivity contribution < 1.29 is 4.79 Å². The number of fused-ring (bicyclic) bond motifs is 1. The summed E-state index contributed by atoms with van der Waals surface area (Å²) in [5.41, 5.74) is 1.02. The quantitative estimate of drug-likeness (QED) is 0.587. The molecule has 1 atom stereocenters. The number of amides is 1. The van der Waals surface area contributed by atoms with Gasteiger partial charge >= 0.3 is 0 Å². The summed E-state index contributed by atoms with van der Waals surface area (Å²) in [6.07, 6.45) is 1.89. The molecular weight excluding hydrogens is 192 g/mol. The smallest absolute Gasteiger partial charge is 0.257 e. The molecule has 1 saturated heterocycles. The molecule has 2 rings (SSSR count). The van der Waals surface area contributed by atoms with E-state index < -0.39 is 0 Å². The first-order valence-electron chi connectivity index (χ1n) is 3.63. The zero-order chi connectivity index (χ0) is 8.55. The summed E-state index contributed by atoms with van der Waals surface area (Å²) in [7, 11) is 0. The molecule has 0 N–H and O–H groups in total. The largest absolute Gasteiger partial charge is 0.272 e. The molecule has 0 aromatic heterocycles. The first-order chi connectivity index (χ1) is 5.81. The second kappa shape index (κ2) is 3.22. The van der Waals surface area contributed by atoms with Gasteiger partial charge in [0, 0.05) is 17.2 Å². The minimum absolute atomic E-state index is 0.00523. The van der Waals surface area contributed by atoms with Crippen molar-refractivity contribution >= 4 is 40.3 Å². The van der Waals surface area contributed by atoms with Gasteiger partial charge in [0.15, 0.2) is 5.17 Å². The standard InChI is InChI=1S/C7H8N2OS2/c1-11-7-8-5-3-12-2-4(5)6(10)9-7/h4H,2-3H2,1H3. The first kappa shape index (κ1) is 8.31. The predicted molar refractivity (Wildman–Crippen MR) is 54.2 cm³/mol. The number of hydrogen-bond acceptors (Lipinski definition) is 4. The van der Waals surface area contributed by atoms with Crippen LogP contribution in [0.4, 0.5) is 0 Å². The molecule has 1 amide bonds. The van der Waals surface area contributed by atoms with Crippen LogP contribution in [0.25, 0.3) is 0 Å². The van der Waals surface area contributed by atoms with E-state index in [4.69, 9.17) is 0 Å². The molecule has 0 aliphatic carbocycles. The van der Waals surface area contributed by atoms with Crippen molar-refractivity contribution in [3.05, 3.63) is 0 Å². The van der Waals surface area contributed by atoms with Gasteiger partial charge in [-0.05, 0) is 6.26 Å². The summed E-state index contributed by atoms with van der Waals surface area (Å²) in [6, 6.07) is 0. The second-order valence-corrected chi connectivity index (χ2v) is 4.41. The molecule has 2 heterocycles. The molecule has 12 heavy (non-hydrogen) atoms. The molecule has 1 unspecified atom stereocenters. The van der Waals surface area contributed by atoms with Crippen LogP contribution in [-0.4, -0.2) is 34.5 Å². The topological polar surface area (TPSA) is 41.8 Å². The summed E-state index contributed by atoms with van der Waals surface area (Å²) in [6.45, 7) is 0. The normalized spacial score (nSPS) is 28.1. The van der Waals surface area contributed by atoms with Gasteiger partial charge in [0.05, 0.1) is 5.92 Å². The monoisotopic (exact) mass is 200 g/mol. The number of hydrogen-bond donors (Lipinski definition) is 0. The zero-order valence-corrected chi connectivity index (χ0v) is 8.24. The molecule has 0 bridgehead atoms. The number of carbonyl (C=O) groups excluding carboxylic acids is 1. The fourth-order valence-electron chi connectivity index (χ4n) is 1.21. The van der Waals surface area contributed by atoms with Gasteiger partial charge in [-0.25, -0.2) is 4.99 Å². The van der Waals surface area contributed by atoms with Gasteiger partial charge in [0.2, 0.25) is 0 Å². The Labute approximate surface area is 79.1 Å². The lowest BCUT2D eigenvalue weighted by Gasteiger charge is -2.10. The van der Waals surface area contributed by atoms with Gasteiger partial charge in [0.25, 0.3) is 5.91 Å². The molecular formula is C7H8N2OS2. The maximum absolute atomic E-state index is 11.4. The lowest BCUT2D eigenvalue weighted by atomic mass is 10.1. The van der Waals surface area contributed by atoms with Crippen molar-refractivity contribution in [2.45, 2.75) is 0 Å². The van der Waals surface area contributed by atoms with Gasteiger partial charge in [-0.1, -0.05) is 11.8 Å². The van der Waals surface area contributed by atoms with E-state index in [1.54, 1.807) is 11.8 Å². The van der Waals surface area contributed by atoms with E-state index in [-0.39, 0.29) is 11.8 Å². The number of thioether (sulfide) groups is 2. The summed E-state index contributed by atoms with van der Waals surface area (Å²) >= 11 is 3.19. The van der Waals surface area contributed by atoms with E-state index in [9.17, 15) is 4.79 Å². The van der Waals surface area contributed by atoms with Crippen LogP contribution in [0.15, 0.2) is 9.98 Å². The Morgan fingerprint density at radius 2 is 2.42 bits per heavy atom. The van der Waals surface area contributed by atoms with Gasteiger partial charge in [-0.15, -0.1) is 0 Å². The SMILES string of the molecule is CSC1=NC(=O)C2CSCC2=N1. The van der Waals surface area contributed by atoms with E-state index in [0.29, 0.717) is 5.17 Å². The maximum atomic E-state index is 11.4. The van der Waals surface area contributed by atoms with Crippen LogP contribution < -0.4 is 0 Å². The minimum atomic E-state index is -0.00843. The van der Waals surface area contributed by atoms with E-state index >= 15 is 0 Å². The third kappa shape index (κ3) is 1.31. The van der Waals surface area contributed by atoms with Gasteiger partial charge < -0.3 is 0 Å². The van der Waals surface area contributed by atoms with Crippen LogP contribution in [0.1, 0.15) is 0 Å². The highest BCUT2D eigenvalue weighted by molar-refractivity contribution is 8.13. The lowest BCUT2D eigenvalue weighted by molar-refractivity contribution is -0.119. The minimum Gasteiger partial charge on any atom is -0.272 e. The molecule has 2 aliphatic rings. The van der Waals surface area contributed by atoms with Crippen molar-refractivity contribution in [2.75, 3.05) is 17.8 Å². The van der Waals surface area contributed by atoms with E-state index in [0.717, 1.165) is 17.2 Å². The number of amidine groups is 1. The Morgan fingerprint density at radius 1 is 1.58 bits per heavy atom. The highest BCUT2D eigenvalue weighted by Gasteiger charge is 2.32. The van der Waals surface area contributed by atoms with Crippen molar-refractivity contribution in [3.63, 3.8) is 0 Å². The fourth-order valence-corrected chi connectivity index (χ4v) is 2.77. The molecule has 0 aromatic carbocycles. The van der Waals surface area contributed by atoms with Crippen LogP contribution in [-0.2, 0) is 4.79 Å². The molecule has 0 spiro atoms.